The van der Waals surface area contributed by atoms with Crippen molar-refractivity contribution in [1.29, 1.82) is 0 Å². The van der Waals surface area contributed by atoms with E-state index < -0.39 is 0 Å². The van der Waals surface area contributed by atoms with Gasteiger partial charge in [0.25, 0.3) is 0 Å². The summed E-state index contributed by atoms with van der Waals surface area (Å²) in [7, 11) is 0. The average Bonchev–Trinajstić information content (AvgIpc) is 2.25. The van der Waals surface area contributed by atoms with Gasteiger partial charge >= 0.3 is 0 Å². The smallest absolute Gasteiger partial charge is 0.0193 e. The van der Waals surface area contributed by atoms with Gasteiger partial charge in [-0.25, -0.2) is 0 Å². The monoisotopic (exact) mass is 210 g/mol. The molecule has 0 unspecified atom stereocenters. The molecule has 2 nitrogen and oxygen atoms in total. The summed E-state index contributed by atoms with van der Waals surface area (Å²) in [6.45, 7) is 8.44. The largest absolute Gasteiger partial charge is 0.311 e. The number of hydrogen-bond donors (Lipinski definition) is 1. The van der Waals surface area contributed by atoms with Crippen molar-refractivity contribution in [2.24, 2.45) is 5.92 Å². The summed E-state index contributed by atoms with van der Waals surface area (Å²) >= 11 is 0. The molecule has 2 rings (SSSR count). The quantitative estimate of drug-likeness (QED) is 0.752. The summed E-state index contributed by atoms with van der Waals surface area (Å²) in [4.78, 5) is 2.71. The standard InChI is InChI=1S/C13H26N2/c1-11-9-15(12(2)8-14-11)10-13-6-4-3-5-7-13/h11-14H,3-10H2,1-2H3/t11-,12+/m1/s1. The van der Waals surface area contributed by atoms with Gasteiger partial charge in [-0.2, -0.15) is 0 Å². The minimum absolute atomic E-state index is 0.685. The summed E-state index contributed by atoms with van der Waals surface area (Å²) in [6.07, 6.45) is 7.38. The molecule has 0 amide bonds. The first-order valence-electron chi connectivity index (χ1n) is 6.73. The van der Waals surface area contributed by atoms with Crippen LogP contribution in [-0.4, -0.2) is 36.6 Å². The Balaban J connectivity index is 1.80. The molecule has 88 valence electrons. The molecule has 1 heterocycles. The molecule has 1 aliphatic carbocycles. The number of piperazine rings is 1. The molecule has 1 aliphatic heterocycles. The van der Waals surface area contributed by atoms with Crippen molar-refractivity contribution in [3.8, 4) is 0 Å². The number of nitrogens with one attached hydrogen (secondary N) is 1. The van der Waals surface area contributed by atoms with Gasteiger partial charge in [0.15, 0.2) is 0 Å². The maximum absolute atomic E-state index is 3.56. The number of rotatable bonds is 2. The highest BCUT2D eigenvalue weighted by molar-refractivity contribution is 4.83. The molecule has 0 aromatic heterocycles. The second-order valence-electron chi connectivity index (χ2n) is 5.62. The molecule has 0 aromatic rings. The Kier molecular flexibility index (Phi) is 4.04. The highest BCUT2D eigenvalue weighted by Crippen LogP contribution is 2.25. The Bertz CT molecular complexity index is 187. The predicted molar refractivity (Wildman–Crippen MR) is 65.1 cm³/mol. The fraction of sp³-hybridized carbons (Fsp3) is 1.00. The number of hydrogen-bond acceptors (Lipinski definition) is 2. The maximum atomic E-state index is 3.56. The molecular weight excluding hydrogens is 184 g/mol. The Morgan fingerprint density at radius 1 is 1.13 bits per heavy atom. The third-order valence-electron chi connectivity index (χ3n) is 4.11. The van der Waals surface area contributed by atoms with Crippen molar-refractivity contribution in [1.82, 2.24) is 10.2 Å². The summed E-state index contributed by atoms with van der Waals surface area (Å²) < 4.78 is 0. The van der Waals surface area contributed by atoms with Crippen LogP contribution in [0.2, 0.25) is 0 Å². The van der Waals surface area contributed by atoms with Gasteiger partial charge in [0.2, 0.25) is 0 Å². The van der Waals surface area contributed by atoms with E-state index in [9.17, 15) is 0 Å². The summed E-state index contributed by atoms with van der Waals surface area (Å²) in [5, 5.41) is 3.56. The van der Waals surface area contributed by atoms with Crippen molar-refractivity contribution in [2.45, 2.75) is 58.0 Å². The van der Waals surface area contributed by atoms with Crippen molar-refractivity contribution in [3.05, 3.63) is 0 Å². The third-order valence-corrected chi connectivity index (χ3v) is 4.11. The molecule has 2 heteroatoms. The van der Waals surface area contributed by atoms with Gasteiger partial charge in [-0.1, -0.05) is 19.3 Å². The average molecular weight is 210 g/mol. The lowest BCUT2D eigenvalue weighted by atomic mass is 9.88. The Hall–Kier alpha value is -0.0800. The third kappa shape index (κ3) is 3.18. The second-order valence-corrected chi connectivity index (χ2v) is 5.62. The Morgan fingerprint density at radius 2 is 1.87 bits per heavy atom. The lowest BCUT2D eigenvalue weighted by Gasteiger charge is -2.40. The van der Waals surface area contributed by atoms with E-state index in [1.807, 2.05) is 0 Å². The zero-order valence-electron chi connectivity index (χ0n) is 10.3. The molecule has 2 aliphatic rings. The van der Waals surface area contributed by atoms with Gasteiger partial charge in [-0.15, -0.1) is 0 Å². The normalized spacial score (nSPS) is 35.6. The van der Waals surface area contributed by atoms with Crippen LogP contribution in [0.4, 0.5) is 0 Å². The van der Waals surface area contributed by atoms with Crippen LogP contribution in [0.15, 0.2) is 0 Å². The van der Waals surface area contributed by atoms with E-state index in [1.54, 1.807) is 0 Å². The van der Waals surface area contributed by atoms with Gasteiger partial charge in [-0.05, 0) is 32.6 Å². The first kappa shape index (κ1) is 11.4. The topological polar surface area (TPSA) is 15.3 Å². The van der Waals surface area contributed by atoms with Gasteiger partial charge in [0, 0.05) is 31.7 Å². The minimum Gasteiger partial charge on any atom is -0.311 e. The zero-order valence-corrected chi connectivity index (χ0v) is 10.3. The molecule has 15 heavy (non-hydrogen) atoms. The van der Waals surface area contributed by atoms with Crippen LogP contribution < -0.4 is 5.32 Å². The Labute approximate surface area is 94.4 Å². The first-order chi connectivity index (χ1) is 7.25. The molecule has 0 radical (unpaired) electrons. The van der Waals surface area contributed by atoms with E-state index in [0.717, 1.165) is 12.0 Å². The van der Waals surface area contributed by atoms with Crippen molar-refractivity contribution < 1.29 is 0 Å². The fourth-order valence-corrected chi connectivity index (χ4v) is 3.05. The van der Waals surface area contributed by atoms with Crippen LogP contribution in [-0.2, 0) is 0 Å². The molecule has 1 N–H and O–H groups in total. The van der Waals surface area contributed by atoms with E-state index in [2.05, 4.69) is 24.1 Å². The first-order valence-corrected chi connectivity index (χ1v) is 6.73. The predicted octanol–water partition coefficient (Wildman–Crippen LogP) is 2.25. The Morgan fingerprint density at radius 3 is 2.60 bits per heavy atom. The lowest BCUT2D eigenvalue weighted by Crippen LogP contribution is -2.55. The molecule has 0 bridgehead atoms. The van der Waals surface area contributed by atoms with Crippen LogP contribution in [0, 0.1) is 5.92 Å². The van der Waals surface area contributed by atoms with Crippen molar-refractivity contribution in [2.75, 3.05) is 19.6 Å². The summed E-state index contributed by atoms with van der Waals surface area (Å²) in [6, 6.07) is 1.42. The molecular formula is C13H26N2. The van der Waals surface area contributed by atoms with Gasteiger partial charge < -0.3 is 5.32 Å². The highest BCUT2D eigenvalue weighted by atomic mass is 15.2. The van der Waals surface area contributed by atoms with Crippen LogP contribution in [0.3, 0.4) is 0 Å². The molecule has 2 atom stereocenters. The van der Waals surface area contributed by atoms with E-state index in [1.165, 1.54) is 51.7 Å². The van der Waals surface area contributed by atoms with Crippen LogP contribution in [0.5, 0.6) is 0 Å². The SMILES string of the molecule is C[C@@H]1CN(CC2CCCCC2)[C@@H](C)CN1. The van der Waals surface area contributed by atoms with Crippen LogP contribution in [0.1, 0.15) is 46.0 Å². The van der Waals surface area contributed by atoms with Crippen molar-refractivity contribution >= 4 is 0 Å². The van der Waals surface area contributed by atoms with E-state index >= 15 is 0 Å². The second kappa shape index (κ2) is 5.31. The molecule has 2 fully saturated rings. The highest BCUT2D eigenvalue weighted by Gasteiger charge is 2.25. The molecule has 0 aromatic carbocycles. The van der Waals surface area contributed by atoms with Crippen LogP contribution in [0.25, 0.3) is 0 Å². The summed E-state index contributed by atoms with van der Waals surface area (Å²) in [5.74, 6) is 0.992. The molecule has 1 saturated carbocycles. The maximum Gasteiger partial charge on any atom is 0.0193 e. The summed E-state index contributed by atoms with van der Waals surface area (Å²) in [5.41, 5.74) is 0. The minimum atomic E-state index is 0.685. The van der Waals surface area contributed by atoms with E-state index in [-0.39, 0.29) is 0 Å². The van der Waals surface area contributed by atoms with Gasteiger partial charge in [0.05, 0.1) is 0 Å². The van der Waals surface area contributed by atoms with E-state index in [4.69, 9.17) is 0 Å². The van der Waals surface area contributed by atoms with E-state index in [0.29, 0.717) is 6.04 Å². The fourth-order valence-electron chi connectivity index (χ4n) is 3.05. The van der Waals surface area contributed by atoms with Gasteiger partial charge in [0.1, 0.15) is 0 Å². The molecule has 1 saturated heterocycles. The van der Waals surface area contributed by atoms with Gasteiger partial charge in [-0.3, -0.25) is 4.90 Å². The van der Waals surface area contributed by atoms with Crippen molar-refractivity contribution in [3.63, 3.8) is 0 Å². The molecule has 0 spiro atoms. The zero-order chi connectivity index (χ0) is 10.7. The number of nitrogens with zero attached hydrogens (tertiary/aromatic N) is 1. The van der Waals surface area contributed by atoms with Crippen LogP contribution >= 0.6 is 0 Å². The lowest BCUT2D eigenvalue weighted by molar-refractivity contribution is 0.113.